The standard InChI is InChI=1S/C18H25FN4O2/c19-15-6-1-2-7-16(15)20-18(25)23-11-5-8-21(12-13-23)14-17(24)22-9-3-4-10-22/h1-2,6-7H,3-5,8-14H2,(H,20,25). The Labute approximate surface area is 147 Å². The highest BCUT2D eigenvalue weighted by molar-refractivity contribution is 5.89. The quantitative estimate of drug-likeness (QED) is 0.909. The Morgan fingerprint density at radius 2 is 1.64 bits per heavy atom. The Kier molecular flexibility index (Phi) is 5.86. The fraction of sp³-hybridized carbons (Fsp3) is 0.556. The number of para-hydroxylation sites is 1. The van der Waals surface area contributed by atoms with E-state index in [-0.39, 0.29) is 17.6 Å². The number of likely N-dealkylation sites (tertiary alicyclic amines) is 1. The molecule has 2 fully saturated rings. The van der Waals surface area contributed by atoms with Gasteiger partial charge in [0.15, 0.2) is 0 Å². The minimum atomic E-state index is -0.441. The SMILES string of the molecule is O=C(CN1CCCN(C(=O)Nc2ccccc2F)CC1)N1CCCC1. The number of carbonyl (C=O) groups excluding carboxylic acids is 2. The zero-order chi connectivity index (χ0) is 17.6. The number of carbonyl (C=O) groups is 2. The van der Waals surface area contributed by atoms with E-state index in [4.69, 9.17) is 0 Å². The van der Waals surface area contributed by atoms with Crippen molar-refractivity contribution < 1.29 is 14.0 Å². The molecule has 136 valence electrons. The molecule has 0 spiro atoms. The second-order valence-electron chi connectivity index (χ2n) is 6.61. The second-order valence-corrected chi connectivity index (χ2v) is 6.61. The summed E-state index contributed by atoms with van der Waals surface area (Å²) in [7, 11) is 0. The lowest BCUT2D eigenvalue weighted by Gasteiger charge is -2.24. The second kappa shape index (κ2) is 8.29. The summed E-state index contributed by atoms with van der Waals surface area (Å²) in [5, 5.41) is 2.63. The molecule has 0 aromatic heterocycles. The van der Waals surface area contributed by atoms with Gasteiger partial charge in [-0.05, 0) is 31.4 Å². The lowest BCUT2D eigenvalue weighted by Crippen LogP contribution is -2.41. The van der Waals surface area contributed by atoms with Crippen LogP contribution < -0.4 is 5.32 Å². The Morgan fingerprint density at radius 1 is 0.920 bits per heavy atom. The van der Waals surface area contributed by atoms with E-state index >= 15 is 0 Å². The van der Waals surface area contributed by atoms with Crippen molar-refractivity contribution in [3.63, 3.8) is 0 Å². The highest BCUT2D eigenvalue weighted by atomic mass is 19.1. The van der Waals surface area contributed by atoms with Crippen LogP contribution in [0.2, 0.25) is 0 Å². The third kappa shape index (κ3) is 4.69. The van der Waals surface area contributed by atoms with E-state index in [2.05, 4.69) is 10.2 Å². The number of hydrogen-bond acceptors (Lipinski definition) is 3. The van der Waals surface area contributed by atoms with Gasteiger partial charge in [-0.3, -0.25) is 9.69 Å². The molecule has 0 saturated carbocycles. The average Bonchev–Trinajstić information content (AvgIpc) is 3.04. The molecule has 0 atom stereocenters. The maximum Gasteiger partial charge on any atom is 0.321 e. The lowest BCUT2D eigenvalue weighted by atomic mass is 10.3. The van der Waals surface area contributed by atoms with Gasteiger partial charge in [0, 0.05) is 39.3 Å². The summed E-state index contributed by atoms with van der Waals surface area (Å²) in [4.78, 5) is 30.4. The summed E-state index contributed by atoms with van der Waals surface area (Å²) in [6.45, 7) is 4.74. The summed E-state index contributed by atoms with van der Waals surface area (Å²) in [6.07, 6.45) is 2.99. The van der Waals surface area contributed by atoms with E-state index in [1.165, 1.54) is 6.07 Å². The van der Waals surface area contributed by atoms with Crippen LogP contribution in [0.3, 0.4) is 0 Å². The van der Waals surface area contributed by atoms with Crippen molar-refractivity contribution in [3.8, 4) is 0 Å². The molecule has 0 aliphatic carbocycles. The van der Waals surface area contributed by atoms with E-state index in [1.54, 1.807) is 23.1 Å². The predicted molar refractivity (Wildman–Crippen MR) is 93.9 cm³/mol. The van der Waals surface area contributed by atoms with Crippen LogP contribution in [-0.4, -0.2) is 72.5 Å². The van der Waals surface area contributed by atoms with Crippen molar-refractivity contribution in [1.29, 1.82) is 0 Å². The molecule has 1 aromatic carbocycles. The molecular weight excluding hydrogens is 323 g/mol. The Bertz CT molecular complexity index is 619. The molecule has 0 bridgehead atoms. The maximum atomic E-state index is 13.7. The normalized spacial score (nSPS) is 18.9. The van der Waals surface area contributed by atoms with Crippen LogP contribution in [0.1, 0.15) is 19.3 Å². The molecule has 25 heavy (non-hydrogen) atoms. The van der Waals surface area contributed by atoms with Crippen LogP contribution in [0.15, 0.2) is 24.3 Å². The van der Waals surface area contributed by atoms with Crippen LogP contribution in [0.25, 0.3) is 0 Å². The molecule has 3 rings (SSSR count). The van der Waals surface area contributed by atoms with Gasteiger partial charge in [0.2, 0.25) is 5.91 Å². The van der Waals surface area contributed by atoms with Crippen LogP contribution in [0.5, 0.6) is 0 Å². The first-order valence-corrected chi connectivity index (χ1v) is 8.94. The third-order valence-electron chi connectivity index (χ3n) is 4.81. The molecule has 2 aliphatic heterocycles. The maximum absolute atomic E-state index is 13.7. The molecule has 0 unspecified atom stereocenters. The molecule has 0 radical (unpaired) electrons. The van der Waals surface area contributed by atoms with Crippen LogP contribution in [-0.2, 0) is 4.79 Å². The van der Waals surface area contributed by atoms with Gasteiger partial charge in [0.1, 0.15) is 5.82 Å². The first-order valence-electron chi connectivity index (χ1n) is 8.94. The summed E-state index contributed by atoms with van der Waals surface area (Å²) < 4.78 is 13.7. The van der Waals surface area contributed by atoms with Gasteiger partial charge in [-0.25, -0.2) is 9.18 Å². The van der Waals surface area contributed by atoms with Crippen LogP contribution in [0, 0.1) is 5.82 Å². The number of nitrogens with one attached hydrogen (secondary N) is 1. The molecule has 1 aromatic rings. The summed E-state index contributed by atoms with van der Waals surface area (Å²) in [6, 6.07) is 5.85. The van der Waals surface area contributed by atoms with E-state index in [1.807, 2.05) is 4.90 Å². The van der Waals surface area contributed by atoms with Gasteiger partial charge in [-0.1, -0.05) is 12.1 Å². The number of amides is 3. The Hall–Kier alpha value is -2.15. The number of anilines is 1. The smallest absolute Gasteiger partial charge is 0.321 e. The van der Waals surface area contributed by atoms with Gasteiger partial charge in [-0.15, -0.1) is 0 Å². The van der Waals surface area contributed by atoms with Crippen molar-refractivity contribution in [2.45, 2.75) is 19.3 Å². The van der Waals surface area contributed by atoms with Crippen molar-refractivity contribution in [2.24, 2.45) is 0 Å². The average molecular weight is 348 g/mol. The largest absolute Gasteiger partial charge is 0.342 e. The van der Waals surface area contributed by atoms with Gasteiger partial charge in [0.25, 0.3) is 0 Å². The number of hydrogen-bond donors (Lipinski definition) is 1. The fourth-order valence-electron chi connectivity index (χ4n) is 3.35. The number of urea groups is 1. The molecule has 1 N–H and O–H groups in total. The van der Waals surface area contributed by atoms with Gasteiger partial charge < -0.3 is 15.1 Å². The Morgan fingerprint density at radius 3 is 2.40 bits per heavy atom. The molecule has 7 heteroatoms. The van der Waals surface area contributed by atoms with Gasteiger partial charge in [-0.2, -0.15) is 0 Å². The van der Waals surface area contributed by atoms with E-state index < -0.39 is 5.82 Å². The topological polar surface area (TPSA) is 55.9 Å². The highest BCUT2D eigenvalue weighted by Crippen LogP contribution is 2.14. The van der Waals surface area contributed by atoms with Gasteiger partial charge >= 0.3 is 6.03 Å². The molecule has 3 amide bonds. The minimum Gasteiger partial charge on any atom is -0.342 e. The zero-order valence-corrected chi connectivity index (χ0v) is 14.4. The molecule has 2 saturated heterocycles. The fourth-order valence-corrected chi connectivity index (χ4v) is 3.35. The molecule has 2 aliphatic rings. The summed E-state index contributed by atoms with van der Waals surface area (Å²) >= 11 is 0. The Balaban J connectivity index is 1.50. The number of halogens is 1. The van der Waals surface area contributed by atoms with Crippen molar-refractivity contribution in [1.82, 2.24) is 14.7 Å². The monoisotopic (exact) mass is 348 g/mol. The van der Waals surface area contributed by atoms with Crippen molar-refractivity contribution >= 4 is 17.6 Å². The number of benzene rings is 1. The third-order valence-corrected chi connectivity index (χ3v) is 4.81. The number of rotatable bonds is 3. The summed E-state index contributed by atoms with van der Waals surface area (Å²) in [5.74, 6) is -0.259. The summed E-state index contributed by atoms with van der Waals surface area (Å²) in [5.41, 5.74) is 0.192. The molecule has 6 nitrogen and oxygen atoms in total. The van der Waals surface area contributed by atoms with Crippen LogP contribution in [0.4, 0.5) is 14.9 Å². The minimum absolute atomic E-state index is 0.182. The predicted octanol–water partition coefficient (Wildman–Crippen LogP) is 1.99. The van der Waals surface area contributed by atoms with E-state index in [9.17, 15) is 14.0 Å². The first-order chi connectivity index (χ1) is 12.1. The first kappa shape index (κ1) is 17.7. The van der Waals surface area contributed by atoms with E-state index in [0.29, 0.717) is 26.2 Å². The van der Waals surface area contributed by atoms with Crippen molar-refractivity contribution in [2.75, 3.05) is 51.1 Å². The lowest BCUT2D eigenvalue weighted by molar-refractivity contribution is -0.131. The number of nitrogens with zero attached hydrogens (tertiary/aromatic N) is 3. The zero-order valence-electron chi connectivity index (χ0n) is 14.4. The molecular formula is C18H25FN4O2. The van der Waals surface area contributed by atoms with E-state index in [0.717, 1.165) is 38.9 Å². The van der Waals surface area contributed by atoms with Crippen molar-refractivity contribution in [3.05, 3.63) is 30.1 Å². The van der Waals surface area contributed by atoms with Gasteiger partial charge in [0.05, 0.1) is 12.2 Å². The molecule has 2 heterocycles. The highest BCUT2D eigenvalue weighted by Gasteiger charge is 2.24. The van der Waals surface area contributed by atoms with Crippen LogP contribution >= 0.6 is 0 Å².